The number of rotatable bonds is 11. The summed E-state index contributed by atoms with van der Waals surface area (Å²) in [4.78, 5) is 34.5. The molecule has 39 heavy (non-hydrogen) atoms. The molecule has 1 unspecified atom stereocenters. The number of ether oxygens (including phenoxy) is 2. The lowest BCUT2D eigenvalue weighted by Gasteiger charge is -2.23. The Morgan fingerprint density at radius 1 is 0.923 bits per heavy atom. The Hall–Kier alpha value is -4.17. The Bertz CT molecular complexity index is 1340. The second-order valence-corrected chi connectivity index (χ2v) is 9.53. The Kier molecular flexibility index (Phi) is 8.99. The molecule has 1 atom stereocenters. The smallest absolute Gasteiger partial charge is 0.238 e. The van der Waals surface area contributed by atoms with Gasteiger partial charge in [0.25, 0.3) is 0 Å². The second kappa shape index (κ2) is 12.6. The summed E-state index contributed by atoms with van der Waals surface area (Å²) in [6.07, 6.45) is 0. The molecule has 8 heteroatoms. The second-order valence-electron chi connectivity index (χ2n) is 9.53. The summed E-state index contributed by atoms with van der Waals surface area (Å²) in [7, 11) is 3.96. The predicted octanol–water partition coefficient (Wildman–Crippen LogP) is 5.26. The first kappa shape index (κ1) is 27.9. The number of carbonyl (C=O) groups excluding carboxylic acids is 2. The molecule has 3 aromatic rings. The van der Waals surface area contributed by atoms with Gasteiger partial charge in [0.05, 0.1) is 24.6 Å². The minimum Gasteiger partial charge on any atom is -0.490 e. The highest BCUT2D eigenvalue weighted by molar-refractivity contribution is 6.24. The van der Waals surface area contributed by atoms with Gasteiger partial charge in [-0.05, 0) is 69.4 Å². The molecular weight excluding hydrogens is 492 g/mol. The third kappa shape index (κ3) is 6.46. The van der Waals surface area contributed by atoms with E-state index in [0.29, 0.717) is 48.3 Å². The summed E-state index contributed by atoms with van der Waals surface area (Å²) < 4.78 is 11.6. The number of nitrogens with one attached hydrogen (secondary N) is 1. The van der Waals surface area contributed by atoms with Crippen LogP contribution in [0.5, 0.6) is 11.5 Å². The van der Waals surface area contributed by atoms with Gasteiger partial charge >= 0.3 is 0 Å². The molecule has 4 rings (SSSR count). The number of anilines is 2. The molecule has 0 aromatic heterocycles. The van der Waals surface area contributed by atoms with E-state index in [1.54, 1.807) is 11.8 Å². The maximum atomic E-state index is 13.4. The van der Waals surface area contributed by atoms with Crippen LogP contribution in [-0.2, 0) is 9.59 Å². The van der Waals surface area contributed by atoms with E-state index in [4.69, 9.17) is 14.5 Å². The molecule has 1 aliphatic rings. The van der Waals surface area contributed by atoms with Gasteiger partial charge in [-0.3, -0.25) is 14.6 Å². The van der Waals surface area contributed by atoms with Crippen molar-refractivity contribution in [1.29, 1.82) is 0 Å². The van der Waals surface area contributed by atoms with Gasteiger partial charge in [-0.1, -0.05) is 30.3 Å². The fourth-order valence-electron chi connectivity index (χ4n) is 4.60. The summed E-state index contributed by atoms with van der Waals surface area (Å²) in [5, 5.41) is 3.01. The van der Waals surface area contributed by atoms with E-state index >= 15 is 0 Å². The topological polar surface area (TPSA) is 83.5 Å². The van der Waals surface area contributed by atoms with E-state index in [0.717, 1.165) is 23.4 Å². The fraction of sp³-hybridized carbons (Fsp3) is 0.323. The molecule has 0 bridgehead atoms. The fourth-order valence-corrected chi connectivity index (χ4v) is 4.60. The first-order valence-corrected chi connectivity index (χ1v) is 13.2. The van der Waals surface area contributed by atoms with Crippen LogP contribution in [0.15, 0.2) is 71.7 Å². The largest absolute Gasteiger partial charge is 0.490 e. The van der Waals surface area contributed by atoms with Crippen molar-refractivity contribution in [2.24, 2.45) is 4.99 Å². The number of aliphatic imine (C=N–C) groups is 1. The normalized spacial score (nSPS) is 14.7. The molecule has 3 aromatic carbocycles. The average molecular weight is 529 g/mol. The Morgan fingerprint density at radius 2 is 1.56 bits per heavy atom. The van der Waals surface area contributed by atoms with E-state index in [1.165, 1.54) is 0 Å². The molecule has 0 fully saturated rings. The molecule has 8 nitrogen and oxygen atoms in total. The van der Waals surface area contributed by atoms with Gasteiger partial charge in [-0.15, -0.1) is 0 Å². The van der Waals surface area contributed by atoms with Crippen molar-refractivity contribution in [2.45, 2.75) is 26.7 Å². The van der Waals surface area contributed by atoms with Gasteiger partial charge in [0.2, 0.25) is 11.8 Å². The molecule has 0 aliphatic carbocycles. The summed E-state index contributed by atoms with van der Waals surface area (Å²) in [5.74, 6) is 0.377. The SMILES string of the molecule is CCOc1cc2c(cc1OCC)C(C(=Nc1ccc(N(CCN(C)C)C(C)=O)cc1)c1ccccc1)C(=O)N2. The first-order chi connectivity index (χ1) is 18.8. The molecular formula is C31H36N4O4. The Balaban J connectivity index is 1.75. The standard InChI is InChI=1S/C31H36N4O4/c1-6-38-27-19-25-26(20-28(27)39-7-2)33-31(37)29(25)30(22-11-9-8-10-12-22)32-23-13-15-24(16-14-23)35(21(3)36)18-17-34(4)5/h8-16,19-20,29H,6-7,17-18H2,1-5H3,(H,33,37). The van der Waals surface area contributed by atoms with Crippen molar-refractivity contribution in [3.63, 3.8) is 0 Å². The van der Waals surface area contributed by atoms with Crippen LogP contribution in [0.1, 0.15) is 37.8 Å². The van der Waals surface area contributed by atoms with Crippen LogP contribution in [0, 0.1) is 0 Å². The zero-order valence-corrected chi connectivity index (χ0v) is 23.2. The number of fused-ring (bicyclic) bond motifs is 1. The molecule has 204 valence electrons. The first-order valence-electron chi connectivity index (χ1n) is 13.2. The van der Waals surface area contributed by atoms with Crippen molar-refractivity contribution < 1.29 is 19.1 Å². The molecule has 0 saturated carbocycles. The molecule has 1 heterocycles. The highest BCUT2D eigenvalue weighted by Gasteiger charge is 2.37. The maximum absolute atomic E-state index is 13.4. The lowest BCUT2D eigenvalue weighted by Crippen LogP contribution is -2.35. The van der Waals surface area contributed by atoms with Crippen LogP contribution in [0.4, 0.5) is 17.1 Å². The van der Waals surface area contributed by atoms with Gasteiger partial charge in [-0.2, -0.15) is 0 Å². The number of hydrogen-bond donors (Lipinski definition) is 1. The van der Waals surface area contributed by atoms with Crippen LogP contribution in [0.3, 0.4) is 0 Å². The lowest BCUT2D eigenvalue weighted by atomic mass is 9.90. The van der Waals surface area contributed by atoms with E-state index < -0.39 is 5.92 Å². The predicted molar refractivity (Wildman–Crippen MR) is 156 cm³/mol. The van der Waals surface area contributed by atoms with E-state index in [9.17, 15) is 9.59 Å². The number of hydrogen-bond acceptors (Lipinski definition) is 6. The highest BCUT2D eigenvalue weighted by Crippen LogP contribution is 2.43. The number of benzene rings is 3. The molecule has 0 saturated heterocycles. The van der Waals surface area contributed by atoms with Crippen LogP contribution < -0.4 is 19.7 Å². The monoisotopic (exact) mass is 528 g/mol. The molecule has 2 amide bonds. The quantitative estimate of drug-likeness (QED) is 0.344. The highest BCUT2D eigenvalue weighted by atomic mass is 16.5. The average Bonchev–Trinajstić information content (AvgIpc) is 3.23. The maximum Gasteiger partial charge on any atom is 0.238 e. The van der Waals surface area contributed by atoms with Crippen molar-refractivity contribution in [3.05, 3.63) is 77.9 Å². The van der Waals surface area contributed by atoms with Crippen LogP contribution in [0.2, 0.25) is 0 Å². The number of likely N-dealkylation sites (N-methyl/N-ethyl adjacent to an activating group) is 1. The third-order valence-corrected chi connectivity index (χ3v) is 6.45. The zero-order valence-electron chi connectivity index (χ0n) is 23.2. The van der Waals surface area contributed by atoms with Crippen molar-refractivity contribution >= 4 is 34.6 Å². The zero-order chi connectivity index (χ0) is 27.9. The lowest BCUT2D eigenvalue weighted by molar-refractivity contribution is -0.117. The minimum atomic E-state index is -0.634. The number of nitrogens with zero attached hydrogens (tertiary/aromatic N) is 3. The Labute approximate surface area is 230 Å². The summed E-state index contributed by atoms with van der Waals surface area (Å²) in [6, 6.07) is 20.9. The Morgan fingerprint density at radius 3 is 2.15 bits per heavy atom. The van der Waals surface area contributed by atoms with E-state index in [2.05, 4.69) is 5.32 Å². The summed E-state index contributed by atoms with van der Waals surface area (Å²) in [5.41, 5.74) is 4.44. The minimum absolute atomic E-state index is 0.0196. The van der Waals surface area contributed by atoms with Gasteiger partial charge in [0.1, 0.15) is 5.92 Å². The van der Waals surface area contributed by atoms with E-state index in [-0.39, 0.29) is 11.8 Å². The van der Waals surface area contributed by atoms with Gasteiger partial charge in [0, 0.05) is 37.5 Å². The number of carbonyl (C=O) groups is 2. The van der Waals surface area contributed by atoms with Crippen LogP contribution in [-0.4, -0.2) is 62.8 Å². The molecule has 1 aliphatic heterocycles. The summed E-state index contributed by atoms with van der Waals surface area (Å²) >= 11 is 0. The van der Waals surface area contributed by atoms with Gasteiger partial charge in [-0.25, -0.2) is 0 Å². The number of amides is 2. The molecule has 0 radical (unpaired) electrons. The van der Waals surface area contributed by atoms with Crippen LogP contribution in [0.25, 0.3) is 0 Å². The third-order valence-electron chi connectivity index (χ3n) is 6.45. The van der Waals surface area contributed by atoms with Crippen molar-refractivity contribution in [1.82, 2.24) is 4.90 Å². The van der Waals surface area contributed by atoms with Gasteiger partial charge in [0.15, 0.2) is 11.5 Å². The molecule has 1 N–H and O–H groups in total. The summed E-state index contributed by atoms with van der Waals surface area (Å²) in [6.45, 7) is 7.69. The van der Waals surface area contributed by atoms with Crippen molar-refractivity contribution in [2.75, 3.05) is 50.6 Å². The van der Waals surface area contributed by atoms with Crippen LogP contribution >= 0.6 is 0 Å². The van der Waals surface area contributed by atoms with E-state index in [1.807, 2.05) is 99.6 Å². The van der Waals surface area contributed by atoms with Crippen molar-refractivity contribution in [3.8, 4) is 11.5 Å². The molecule has 0 spiro atoms. The van der Waals surface area contributed by atoms with Gasteiger partial charge < -0.3 is 24.6 Å².